The van der Waals surface area contributed by atoms with Crippen molar-refractivity contribution in [3.63, 3.8) is 0 Å². The van der Waals surface area contributed by atoms with Crippen LogP contribution in [0.15, 0.2) is 77.5 Å². The first-order valence-electron chi connectivity index (χ1n) is 9.91. The number of rotatable bonds is 6. The van der Waals surface area contributed by atoms with Crippen LogP contribution in [-0.2, 0) is 6.42 Å². The maximum absolute atomic E-state index is 13.2. The van der Waals surface area contributed by atoms with Gasteiger partial charge in [-0.15, -0.1) is 0 Å². The minimum absolute atomic E-state index is 0.242. The first kappa shape index (κ1) is 18.9. The van der Waals surface area contributed by atoms with E-state index < -0.39 is 0 Å². The number of fused-ring (bicyclic) bond motifs is 2. The van der Waals surface area contributed by atoms with Gasteiger partial charge in [0.05, 0.1) is 11.6 Å². The molecule has 0 aliphatic carbocycles. The number of hydrogen-bond donors (Lipinski definition) is 3. The van der Waals surface area contributed by atoms with E-state index in [1.165, 1.54) is 12.1 Å². The number of hydrogen-bond acceptors (Lipinski definition) is 4. The van der Waals surface area contributed by atoms with Gasteiger partial charge in [-0.2, -0.15) is 0 Å². The maximum atomic E-state index is 13.2. The molecule has 1 amide bonds. The van der Waals surface area contributed by atoms with Crippen molar-refractivity contribution in [2.75, 3.05) is 11.9 Å². The van der Waals surface area contributed by atoms with Crippen LogP contribution in [-0.4, -0.2) is 22.4 Å². The molecule has 5 aromatic rings. The molecular weight excluding hydrogens is 395 g/mol. The van der Waals surface area contributed by atoms with Crippen LogP contribution < -0.4 is 10.6 Å². The number of pyridine rings is 1. The number of carbonyl (C=O) groups is 1. The molecule has 0 atom stereocenters. The van der Waals surface area contributed by atoms with E-state index in [0.29, 0.717) is 30.1 Å². The van der Waals surface area contributed by atoms with Crippen molar-refractivity contribution in [2.24, 2.45) is 0 Å². The molecule has 0 fully saturated rings. The van der Waals surface area contributed by atoms with E-state index in [4.69, 9.17) is 4.42 Å². The number of aromatic nitrogens is 2. The summed E-state index contributed by atoms with van der Waals surface area (Å²) in [6, 6.07) is 17.4. The summed E-state index contributed by atoms with van der Waals surface area (Å²) >= 11 is 0. The number of benzene rings is 2. The fourth-order valence-electron chi connectivity index (χ4n) is 3.59. The minimum Gasteiger partial charge on any atom is -0.464 e. The van der Waals surface area contributed by atoms with Gasteiger partial charge in [-0.3, -0.25) is 4.79 Å². The quantitative estimate of drug-likeness (QED) is 0.358. The number of anilines is 2. The number of halogens is 1. The summed E-state index contributed by atoms with van der Waals surface area (Å²) in [7, 11) is 0. The van der Waals surface area contributed by atoms with Crippen LogP contribution in [0.25, 0.3) is 21.9 Å². The number of nitrogens with one attached hydrogen (secondary N) is 3. The number of aromatic amines is 1. The third-order valence-corrected chi connectivity index (χ3v) is 5.14. The monoisotopic (exact) mass is 414 g/mol. The summed E-state index contributed by atoms with van der Waals surface area (Å²) in [5.74, 6) is -0.143. The third kappa shape index (κ3) is 3.85. The van der Waals surface area contributed by atoms with Crippen LogP contribution in [0.4, 0.5) is 15.9 Å². The second-order valence-corrected chi connectivity index (χ2v) is 7.19. The van der Waals surface area contributed by atoms with Gasteiger partial charge < -0.3 is 20.0 Å². The average molecular weight is 414 g/mol. The van der Waals surface area contributed by atoms with Gasteiger partial charge in [0.15, 0.2) is 0 Å². The van der Waals surface area contributed by atoms with Gasteiger partial charge in [0.25, 0.3) is 5.91 Å². The SMILES string of the molecule is O=C(NCCc1c[nH]c2ccccc12)c1cc2occc2c(Nc2ccc(F)cc2)n1. The highest BCUT2D eigenvalue weighted by Gasteiger charge is 2.14. The number of carbonyl (C=O) groups excluding carboxylic acids is 1. The van der Waals surface area contributed by atoms with Crippen molar-refractivity contribution in [2.45, 2.75) is 6.42 Å². The fourth-order valence-corrected chi connectivity index (χ4v) is 3.59. The normalized spacial score (nSPS) is 11.1. The molecule has 0 radical (unpaired) electrons. The van der Waals surface area contributed by atoms with Crippen LogP contribution in [0.5, 0.6) is 0 Å². The Morgan fingerprint density at radius 2 is 1.90 bits per heavy atom. The Morgan fingerprint density at radius 3 is 2.77 bits per heavy atom. The molecule has 0 spiro atoms. The maximum Gasteiger partial charge on any atom is 0.270 e. The zero-order chi connectivity index (χ0) is 21.2. The predicted molar refractivity (Wildman–Crippen MR) is 118 cm³/mol. The lowest BCUT2D eigenvalue weighted by atomic mass is 10.1. The molecule has 0 saturated carbocycles. The molecule has 0 unspecified atom stereocenters. The van der Waals surface area contributed by atoms with E-state index in [9.17, 15) is 9.18 Å². The highest BCUT2D eigenvalue weighted by Crippen LogP contribution is 2.27. The van der Waals surface area contributed by atoms with Crippen molar-refractivity contribution < 1.29 is 13.6 Å². The zero-order valence-electron chi connectivity index (χ0n) is 16.5. The smallest absolute Gasteiger partial charge is 0.270 e. The molecule has 2 aromatic carbocycles. The van der Waals surface area contributed by atoms with E-state index in [0.717, 1.165) is 21.9 Å². The van der Waals surface area contributed by atoms with Crippen molar-refractivity contribution in [1.29, 1.82) is 0 Å². The predicted octanol–water partition coefficient (Wildman–Crippen LogP) is 5.16. The summed E-state index contributed by atoms with van der Waals surface area (Å²) < 4.78 is 18.7. The van der Waals surface area contributed by atoms with E-state index >= 15 is 0 Å². The van der Waals surface area contributed by atoms with Gasteiger partial charge in [0, 0.05) is 35.4 Å². The first-order valence-corrected chi connectivity index (χ1v) is 9.91. The number of amides is 1. The lowest BCUT2D eigenvalue weighted by Crippen LogP contribution is -2.26. The summed E-state index contributed by atoms with van der Waals surface area (Å²) in [6.07, 6.45) is 4.20. The molecule has 7 heteroatoms. The van der Waals surface area contributed by atoms with Crippen LogP contribution in [0.2, 0.25) is 0 Å². The molecule has 0 bridgehead atoms. The number of H-pyrrole nitrogens is 1. The van der Waals surface area contributed by atoms with Gasteiger partial charge in [-0.25, -0.2) is 9.37 Å². The number of furan rings is 1. The van der Waals surface area contributed by atoms with Crippen molar-refractivity contribution in [1.82, 2.24) is 15.3 Å². The number of nitrogens with zero attached hydrogens (tertiary/aromatic N) is 1. The summed E-state index contributed by atoms with van der Waals surface area (Å²) in [5, 5.41) is 7.94. The second-order valence-electron chi connectivity index (χ2n) is 7.19. The largest absolute Gasteiger partial charge is 0.464 e. The Bertz CT molecular complexity index is 1370. The summed E-state index contributed by atoms with van der Waals surface area (Å²) in [6.45, 7) is 0.472. The topological polar surface area (TPSA) is 83.0 Å². The second kappa shape index (κ2) is 7.95. The lowest BCUT2D eigenvalue weighted by Gasteiger charge is -2.10. The van der Waals surface area contributed by atoms with Crippen LogP contribution in [0.1, 0.15) is 16.1 Å². The molecule has 3 N–H and O–H groups in total. The molecule has 3 aromatic heterocycles. The highest BCUT2D eigenvalue weighted by atomic mass is 19.1. The molecule has 154 valence electrons. The third-order valence-electron chi connectivity index (χ3n) is 5.14. The molecule has 3 heterocycles. The number of para-hydroxylation sites is 1. The minimum atomic E-state index is -0.324. The molecule has 0 aliphatic rings. The van der Waals surface area contributed by atoms with E-state index in [-0.39, 0.29) is 17.4 Å². The van der Waals surface area contributed by atoms with E-state index in [2.05, 4.69) is 26.7 Å². The van der Waals surface area contributed by atoms with Gasteiger partial charge in [0.2, 0.25) is 0 Å². The Kier molecular flexibility index (Phi) is 4.84. The van der Waals surface area contributed by atoms with Crippen molar-refractivity contribution in [3.8, 4) is 0 Å². The molecule has 0 saturated heterocycles. The lowest BCUT2D eigenvalue weighted by molar-refractivity contribution is 0.0949. The average Bonchev–Trinajstić information content (AvgIpc) is 3.42. The molecule has 5 rings (SSSR count). The van der Waals surface area contributed by atoms with Gasteiger partial charge in [-0.05, 0) is 48.4 Å². The van der Waals surface area contributed by atoms with Gasteiger partial charge >= 0.3 is 0 Å². The van der Waals surface area contributed by atoms with Crippen molar-refractivity contribution >= 4 is 39.3 Å². The van der Waals surface area contributed by atoms with E-state index in [1.54, 1.807) is 30.5 Å². The van der Waals surface area contributed by atoms with E-state index in [1.807, 2.05) is 24.4 Å². The summed E-state index contributed by atoms with van der Waals surface area (Å²) in [4.78, 5) is 20.5. The molecule has 6 nitrogen and oxygen atoms in total. The molecule has 31 heavy (non-hydrogen) atoms. The molecular formula is C24H19FN4O2. The van der Waals surface area contributed by atoms with Crippen LogP contribution in [0, 0.1) is 5.82 Å². The Labute approximate surface area is 177 Å². The Balaban J connectivity index is 1.33. The molecule has 0 aliphatic heterocycles. The van der Waals surface area contributed by atoms with Gasteiger partial charge in [-0.1, -0.05) is 18.2 Å². The van der Waals surface area contributed by atoms with Crippen molar-refractivity contribution in [3.05, 3.63) is 90.2 Å². The van der Waals surface area contributed by atoms with Gasteiger partial charge in [0.1, 0.15) is 22.9 Å². The highest BCUT2D eigenvalue weighted by molar-refractivity contribution is 5.99. The fraction of sp³-hybridized carbons (Fsp3) is 0.0833. The Morgan fingerprint density at radius 1 is 1.06 bits per heavy atom. The Hall–Kier alpha value is -4.13. The summed E-state index contributed by atoms with van der Waals surface area (Å²) in [5.41, 5.74) is 3.66. The van der Waals surface area contributed by atoms with Crippen LogP contribution >= 0.6 is 0 Å². The van der Waals surface area contributed by atoms with Crippen LogP contribution in [0.3, 0.4) is 0 Å². The first-order chi connectivity index (χ1) is 15.2. The standard InChI is InChI=1S/C24H19FN4O2/c25-16-5-7-17(8-6-16)28-23-19-10-12-31-22(19)13-21(29-23)24(30)26-11-9-15-14-27-20-4-2-1-3-18(15)20/h1-8,10,12-14,27H,9,11H2,(H,26,30)(H,28,29). The zero-order valence-corrected chi connectivity index (χ0v) is 16.5.